The molecule has 0 spiro atoms. The highest BCUT2D eigenvalue weighted by Gasteiger charge is 2.23. The molecule has 0 saturated carbocycles. The van der Waals surface area contributed by atoms with Crippen LogP contribution in [0.15, 0.2) is 29.8 Å². The summed E-state index contributed by atoms with van der Waals surface area (Å²) >= 11 is 0. The SMILES string of the molecule is CC(=O)NNCC(N)C(CC(=O)O)=C(CC(=O)O)c1ccccc1CC(=O)O. The third-order valence-electron chi connectivity index (χ3n) is 3.78. The Morgan fingerprint density at radius 2 is 1.61 bits per heavy atom. The lowest BCUT2D eigenvalue weighted by molar-refractivity contribution is -0.137. The molecule has 0 aliphatic carbocycles. The van der Waals surface area contributed by atoms with Gasteiger partial charge < -0.3 is 21.1 Å². The predicted octanol–water partition coefficient (Wildman–Crippen LogP) is -0.0153. The van der Waals surface area contributed by atoms with Gasteiger partial charge in [-0.3, -0.25) is 24.6 Å². The molecule has 28 heavy (non-hydrogen) atoms. The van der Waals surface area contributed by atoms with Gasteiger partial charge >= 0.3 is 17.9 Å². The number of hydrogen-bond acceptors (Lipinski definition) is 6. The number of rotatable bonds is 11. The fourth-order valence-corrected chi connectivity index (χ4v) is 2.70. The lowest BCUT2D eigenvalue weighted by Crippen LogP contribution is -2.44. The number of benzene rings is 1. The third kappa shape index (κ3) is 7.56. The molecule has 0 heterocycles. The number of aliphatic carboxylic acids is 3. The third-order valence-corrected chi connectivity index (χ3v) is 3.78. The van der Waals surface area contributed by atoms with E-state index in [1.165, 1.54) is 19.1 Å². The monoisotopic (exact) mass is 393 g/mol. The maximum Gasteiger partial charge on any atom is 0.307 e. The molecule has 7 N–H and O–H groups in total. The van der Waals surface area contributed by atoms with Crippen LogP contribution in [0.4, 0.5) is 0 Å². The second-order valence-corrected chi connectivity index (χ2v) is 6.04. The topological polar surface area (TPSA) is 179 Å². The molecular weight excluding hydrogens is 370 g/mol. The van der Waals surface area contributed by atoms with Crippen molar-refractivity contribution in [3.8, 4) is 0 Å². The molecular formula is C18H23N3O7. The van der Waals surface area contributed by atoms with Gasteiger partial charge in [-0.25, -0.2) is 5.43 Å². The Balaban J connectivity index is 3.48. The fraction of sp³-hybridized carbons (Fsp3) is 0.333. The number of carbonyl (C=O) groups excluding carboxylic acids is 1. The van der Waals surface area contributed by atoms with Crippen molar-refractivity contribution in [3.05, 3.63) is 41.0 Å². The minimum atomic E-state index is -1.22. The van der Waals surface area contributed by atoms with Crippen molar-refractivity contribution in [2.24, 2.45) is 5.73 Å². The smallest absolute Gasteiger partial charge is 0.307 e. The minimum absolute atomic E-state index is 0.0492. The quantitative estimate of drug-likeness (QED) is 0.282. The number of hydrazine groups is 1. The van der Waals surface area contributed by atoms with Crippen LogP contribution in [0.5, 0.6) is 0 Å². The maximum atomic E-state index is 11.4. The van der Waals surface area contributed by atoms with Crippen molar-refractivity contribution in [2.45, 2.75) is 32.2 Å². The van der Waals surface area contributed by atoms with Crippen LogP contribution in [0, 0.1) is 0 Å². The normalized spacial score (nSPS) is 12.6. The largest absolute Gasteiger partial charge is 0.481 e. The van der Waals surface area contributed by atoms with Crippen molar-refractivity contribution >= 4 is 29.4 Å². The highest BCUT2D eigenvalue weighted by atomic mass is 16.4. The van der Waals surface area contributed by atoms with Crippen LogP contribution in [0.1, 0.15) is 30.9 Å². The van der Waals surface area contributed by atoms with Crippen LogP contribution in [0.2, 0.25) is 0 Å². The number of nitrogens with one attached hydrogen (secondary N) is 2. The lowest BCUT2D eigenvalue weighted by atomic mass is 9.87. The van der Waals surface area contributed by atoms with Gasteiger partial charge in [-0.2, -0.15) is 0 Å². The van der Waals surface area contributed by atoms with E-state index in [1.54, 1.807) is 12.1 Å². The van der Waals surface area contributed by atoms with E-state index in [-0.39, 0.29) is 30.0 Å². The average Bonchev–Trinajstić information content (AvgIpc) is 2.57. The van der Waals surface area contributed by atoms with Gasteiger partial charge in [0.2, 0.25) is 5.91 Å². The van der Waals surface area contributed by atoms with E-state index < -0.39 is 36.8 Å². The van der Waals surface area contributed by atoms with E-state index in [0.717, 1.165) is 0 Å². The average molecular weight is 393 g/mol. The number of nitrogens with two attached hydrogens (primary N) is 1. The van der Waals surface area contributed by atoms with E-state index in [1.807, 2.05) is 0 Å². The zero-order valence-corrected chi connectivity index (χ0v) is 15.3. The van der Waals surface area contributed by atoms with Gasteiger partial charge in [-0.15, -0.1) is 0 Å². The highest BCUT2D eigenvalue weighted by molar-refractivity contribution is 5.89. The Kier molecular flexibility index (Phi) is 8.79. The molecule has 1 amide bonds. The molecule has 0 radical (unpaired) electrons. The van der Waals surface area contributed by atoms with Gasteiger partial charge in [0, 0.05) is 19.5 Å². The van der Waals surface area contributed by atoms with E-state index in [9.17, 15) is 29.4 Å². The predicted molar refractivity (Wildman–Crippen MR) is 99.0 cm³/mol. The summed E-state index contributed by atoms with van der Waals surface area (Å²) in [5, 5.41) is 27.7. The van der Waals surface area contributed by atoms with Gasteiger partial charge in [0.05, 0.1) is 19.3 Å². The number of hydrogen-bond donors (Lipinski definition) is 6. The number of amides is 1. The van der Waals surface area contributed by atoms with Crippen molar-refractivity contribution in [1.82, 2.24) is 10.9 Å². The summed E-state index contributed by atoms with van der Waals surface area (Å²) in [5.41, 5.74) is 11.9. The Labute approximate surface area is 161 Å². The summed E-state index contributed by atoms with van der Waals surface area (Å²) in [6.45, 7) is 1.22. The van der Waals surface area contributed by atoms with E-state index in [4.69, 9.17) is 10.8 Å². The second kappa shape index (κ2) is 10.8. The van der Waals surface area contributed by atoms with Crippen molar-refractivity contribution in [2.75, 3.05) is 6.54 Å². The Bertz CT molecular complexity index is 789. The number of carboxylic acid groups (broad SMARTS) is 3. The molecule has 10 nitrogen and oxygen atoms in total. The molecule has 10 heteroatoms. The second-order valence-electron chi connectivity index (χ2n) is 6.04. The highest BCUT2D eigenvalue weighted by Crippen LogP contribution is 2.29. The molecule has 0 aliphatic rings. The minimum Gasteiger partial charge on any atom is -0.481 e. The molecule has 0 aromatic heterocycles. The summed E-state index contributed by atoms with van der Waals surface area (Å²) in [7, 11) is 0. The standard InChI is InChI=1S/C18H23N3O7/c1-10(22)21-20-9-15(19)14(8-18(27)28)13(7-17(25)26)12-5-3-2-4-11(12)6-16(23)24/h2-5,15,20H,6-9,19H2,1H3,(H,21,22)(H,23,24)(H,25,26)(H,27,28). The van der Waals surface area contributed by atoms with Crippen LogP contribution in [0.25, 0.3) is 5.57 Å². The first-order chi connectivity index (χ1) is 13.1. The zero-order chi connectivity index (χ0) is 21.3. The van der Waals surface area contributed by atoms with Gasteiger partial charge in [-0.05, 0) is 22.3 Å². The summed E-state index contributed by atoms with van der Waals surface area (Å²) in [4.78, 5) is 44.9. The molecule has 152 valence electrons. The maximum absolute atomic E-state index is 11.4. The van der Waals surface area contributed by atoms with Gasteiger partial charge in [-0.1, -0.05) is 24.3 Å². The molecule has 0 bridgehead atoms. The van der Waals surface area contributed by atoms with Gasteiger partial charge in [0.15, 0.2) is 0 Å². The van der Waals surface area contributed by atoms with Gasteiger partial charge in [0.1, 0.15) is 0 Å². The summed E-state index contributed by atoms with van der Waals surface area (Å²) in [5.74, 6) is -3.93. The molecule has 0 saturated heterocycles. The van der Waals surface area contributed by atoms with E-state index in [2.05, 4.69) is 10.9 Å². The van der Waals surface area contributed by atoms with Crippen molar-refractivity contribution < 1.29 is 34.5 Å². The van der Waals surface area contributed by atoms with E-state index >= 15 is 0 Å². The molecule has 1 rings (SSSR count). The number of carbonyl (C=O) groups is 4. The summed E-state index contributed by atoms with van der Waals surface area (Å²) in [6.07, 6.45) is -1.43. The first-order valence-electron chi connectivity index (χ1n) is 8.32. The molecule has 0 aliphatic heterocycles. The van der Waals surface area contributed by atoms with Crippen LogP contribution in [0.3, 0.4) is 0 Å². The van der Waals surface area contributed by atoms with Crippen LogP contribution >= 0.6 is 0 Å². The summed E-state index contributed by atoms with van der Waals surface area (Å²) in [6, 6.07) is 5.34. The van der Waals surface area contributed by atoms with Crippen LogP contribution in [-0.2, 0) is 25.6 Å². The van der Waals surface area contributed by atoms with Crippen molar-refractivity contribution in [3.63, 3.8) is 0 Å². The first-order valence-corrected chi connectivity index (χ1v) is 8.32. The van der Waals surface area contributed by atoms with E-state index in [0.29, 0.717) is 11.1 Å². The first kappa shape index (κ1) is 22.8. The van der Waals surface area contributed by atoms with Gasteiger partial charge in [0.25, 0.3) is 0 Å². The molecule has 1 atom stereocenters. The molecule has 1 aromatic rings. The molecule has 1 aromatic carbocycles. The Morgan fingerprint density at radius 1 is 1.00 bits per heavy atom. The molecule has 1 unspecified atom stereocenters. The fourth-order valence-electron chi connectivity index (χ4n) is 2.70. The lowest BCUT2D eigenvalue weighted by Gasteiger charge is -2.22. The van der Waals surface area contributed by atoms with Crippen molar-refractivity contribution in [1.29, 1.82) is 0 Å². The zero-order valence-electron chi connectivity index (χ0n) is 15.3. The Hall–Kier alpha value is -3.24. The summed E-state index contributed by atoms with van der Waals surface area (Å²) < 4.78 is 0. The van der Waals surface area contributed by atoms with Crippen LogP contribution in [-0.4, -0.2) is 51.7 Å². The Morgan fingerprint density at radius 3 is 2.14 bits per heavy atom. The number of carboxylic acids is 3. The molecule has 0 fully saturated rings. The van der Waals surface area contributed by atoms with Crippen LogP contribution < -0.4 is 16.6 Å².